The second-order valence-electron chi connectivity index (χ2n) is 4.59. The Bertz CT molecular complexity index is 482. The fourth-order valence-corrected chi connectivity index (χ4v) is 1.43. The van der Waals surface area contributed by atoms with Gasteiger partial charge < -0.3 is 9.47 Å². The number of hydrogen-bond donors (Lipinski definition) is 0. The summed E-state index contributed by atoms with van der Waals surface area (Å²) in [5.41, 5.74) is -0.0904. The highest BCUT2D eigenvalue weighted by Gasteiger charge is 2.17. The lowest BCUT2D eigenvalue weighted by Crippen LogP contribution is -2.13. The first-order chi connectivity index (χ1) is 8.79. The molecule has 0 N–H and O–H groups in total. The minimum absolute atomic E-state index is 0.110. The number of carbonyl (C=O) groups excluding carboxylic acids is 1. The fraction of sp³-hybridized carbons (Fsp3) is 0.462. The van der Waals surface area contributed by atoms with Gasteiger partial charge in [0.25, 0.3) is 5.69 Å². The second-order valence-corrected chi connectivity index (χ2v) is 4.59. The topological polar surface area (TPSA) is 78.7 Å². The molecule has 104 valence electrons. The van der Waals surface area contributed by atoms with Crippen LogP contribution in [0, 0.1) is 10.1 Å². The molecule has 0 amide bonds. The molecule has 0 aromatic heterocycles. The van der Waals surface area contributed by atoms with Gasteiger partial charge in [0.05, 0.1) is 28.8 Å². The van der Waals surface area contributed by atoms with Crippen molar-refractivity contribution in [3.63, 3.8) is 0 Å². The van der Waals surface area contributed by atoms with Crippen LogP contribution < -0.4 is 4.74 Å². The van der Waals surface area contributed by atoms with Gasteiger partial charge in [0, 0.05) is 6.07 Å². The summed E-state index contributed by atoms with van der Waals surface area (Å²) in [5.74, 6) is -0.327. The van der Waals surface area contributed by atoms with E-state index in [1.54, 1.807) is 27.7 Å². The average Bonchev–Trinajstić information content (AvgIpc) is 2.26. The van der Waals surface area contributed by atoms with E-state index in [0.717, 1.165) is 0 Å². The summed E-state index contributed by atoms with van der Waals surface area (Å²) >= 11 is 0. The fourth-order valence-electron chi connectivity index (χ4n) is 1.43. The molecule has 0 saturated heterocycles. The Balaban J connectivity index is 3.12. The SMILES string of the molecule is CC(C)OC(=O)c1cc(OC(C)C)cc([N+](=O)[O-])c1. The maximum Gasteiger partial charge on any atom is 0.338 e. The Labute approximate surface area is 111 Å². The summed E-state index contributed by atoms with van der Waals surface area (Å²) in [6, 6.07) is 3.90. The zero-order valence-corrected chi connectivity index (χ0v) is 11.4. The molecule has 1 rings (SSSR count). The molecule has 6 heteroatoms. The first-order valence-corrected chi connectivity index (χ1v) is 5.96. The van der Waals surface area contributed by atoms with Gasteiger partial charge in [-0.2, -0.15) is 0 Å². The Hall–Kier alpha value is -2.11. The molecule has 1 aromatic rings. The van der Waals surface area contributed by atoms with Crippen molar-refractivity contribution in [2.75, 3.05) is 0 Å². The summed E-state index contributed by atoms with van der Waals surface area (Å²) in [7, 11) is 0. The molecule has 0 aliphatic carbocycles. The van der Waals surface area contributed by atoms with E-state index in [1.165, 1.54) is 18.2 Å². The maximum atomic E-state index is 11.8. The Morgan fingerprint density at radius 3 is 2.26 bits per heavy atom. The van der Waals surface area contributed by atoms with Crippen molar-refractivity contribution >= 4 is 11.7 Å². The number of nitro groups is 1. The zero-order valence-electron chi connectivity index (χ0n) is 11.4. The molecule has 0 bridgehead atoms. The van der Waals surface area contributed by atoms with Gasteiger partial charge in [-0.05, 0) is 33.8 Å². The predicted octanol–water partition coefficient (Wildman–Crippen LogP) is 2.95. The zero-order chi connectivity index (χ0) is 14.6. The van der Waals surface area contributed by atoms with E-state index < -0.39 is 10.9 Å². The summed E-state index contributed by atoms with van der Waals surface area (Å²) in [5, 5.41) is 10.8. The summed E-state index contributed by atoms with van der Waals surface area (Å²) < 4.78 is 10.4. The number of ether oxygens (including phenoxy) is 2. The van der Waals surface area contributed by atoms with Crippen LogP contribution in [0.5, 0.6) is 5.75 Å². The smallest absolute Gasteiger partial charge is 0.338 e. The quantitative estimate of drug-likeness (QED) is 0.465. The van der Waals surface area contributed by atoms with Crippen molar-refractivity contribution in [2.24, 2.45) is 0 Å². The highest BCUT2D eigenvalue weighted by Crippen LogP contribution is 2.24. The second kappa shape index (κ2) is 6.17. The van der Waals surface area contributed by atoms with Crippen molar-refractivity contribution in [1.82, 2.24) is 0 Å². The molecule has 0 spiro atoms. The largest absolute Gasteiger partial charge is 0.491 e. The third-order valence-electron chi connectivity index (χ3n) is 2.05. The monoisotopic (exact) mass is 267 g/mol. The maximum absolute atomic E-state index is 11.8. The van der Waals surface area contributed by atoms with Crippen LogP contribution in [0.4, 0.5) is 5.69 Å². The van der Waals surface area contributed by atoms with Crippen molar-refractivity contribution in [1.29, 1.82) is 0 Å². The standard InChI is InChI=1S/C13H17NO5/c1-8(2)18-12-6-10(13(15)19-9(3)4)5-11(7-12)14(16)17/h5-9H,1-4H3. The van der Waals surface area contributed by atoms with Crippen LogP contribution in [0.2, 0.25) is 0 Å². The van der Waals surface area contributed by atoms with Gasteiger partial charge in [-0.25, -0.2) is 4.79 Å². The first-order valence-electron chi connectivity index (χ1n) is 5.96. The number of carbonyl (C=O) groups is 1. The number of benzene rings is 1. The van der Waals surface area contributed by atoms with E-state index in [9.17, 15) is 14.9 Å². The summed E-state index contributed by atoms with van der Waals surface area (Å²) in [4.78, 5) is 22.0. The van der Waals surface area contributed by atoms with Crippen LogP contribution in [0.25, 0.3) is 0 Å². The molecule has 0 unspecified atom stereocenters. The molecule has 0 heterocycles. The normalized spacial score (nSPS) is 10.6. The van der Waals surface area contributed by atoms with Gasteiger partial charge in [0.1, 0.15) is 5.75 Å². The predicted molar refractivity (Wildman–Crippen MR) is 69.4 cm³/mol. The van der Waals surface area contributed by atoms with Crippen LogP contribution in [0.3, 0.4) is 0 Å². The molecule has 0 saturated carbocycles. The number of hydrogen-bond acceptors (Lipinski definition) is 5. The van der Waals surface area contributed by atoms with Crippen molar-refractivity contribution in [3.05, 3.63) is 33.9 Å². The molecular weight excluding hydrogens is 250 g/mol. The lowest BCUT2D eigenvalue weighted by molar-refractivity contribution is -0.385. The molecule has 1 aromatic carbocycles. The summed E-state index contributed by atoms with van der Waals surface area (Å²) in [6.45, 7) is 7.01. The van der Waals surface area contributed by atoms with Crippen LogP contribution in [0.1, 0.15) is 38.1 Å². The minimum atomic E-state index is -0.604. The van der Waals surface area contributed by atoms with Crippen LogP contribution in [-0.4, -0.2) is 23.1 Å². The molecular formula is C13H17NO5. The van der Waals surface area contributed by atoms with Crippen molar-refractivity contribution in [2.45, 2.75) is 39.9 Å². The third kappa shape index (κ3) is 4.57. The molecule has 6 nitrogen and oxygen atoms in total. The first kappa shape index (κ1) is 14.9. The third-order valence-corrected chi connectivity index (χ3v) is 2.05. The number of nitro benzene ring substituents is 1. The van der Waals surface area contributed by atoms with E-state index >= 15 is 0 Å². The Morgan fingerprint density at radius 2 is 1.79 bits per heavy atom. The number of nitrogens with zero attached hydrogens (tertiary/aromatic N) is 1. The highest BCUT2D eigenvalue weighted by molar-refractivity contribution is 5.90. The van der Waals surface area contributed by atoms with Crippen molar-refractivity contribution < 1.29 is 19.2 Å². The van der Waals surface area contributed by atoms with E-state index in [0.29, 0.717) is 0 Å². The molecule has 0 radical (unpaired) electrons. The van der Waals surface area contributed by atoms with Crippen LogP contribution >= 0.6 is 0 Å². The Morgan fingerprint density at radius 1 is 1.16 bits per heavy atom. The van der Waals surface area contributed by atoms with Gasteiger partial charge in [0.15, 0.2) is 0 Å². The lowest BCUT2D eigenvalue weighted by Gasteiger charge is -2.12. The van der Waals surface area contributed by atoms with E-state index in [-0.39, 0.29) is 29.2 Å². The molecule has 0 aliphatic heterocycles. The van der Waals surface area contributed by atoms with Crippen LogP contribution in [0.15, 0.2) is 18.2 Å². The summed E-state index contributed by atoms with van der Waals surface area (Å²) in [6.07, 6.45) is -0.433. The van der Waals surface area contributed by atoms with Gasteiger partial charge in [-0.15, -0.1) is 0 Å². The van der Waals surface area contributed by atoms with E-state index in [4.69, 9.17) is 9.47 Å². The molecule has 0 atom stereocenters. The number of non-ortho nitro benzene ring substituents is 1. The van der Waals surface area contributed by atoms with E-state index in [2.05, 4.69) is 0 Å². The van der Waals surface area contributed by atoms with Crippen molar-refractivity contribution in [3.8, 4) is 5.75 Å². The number of esters is 1. The number of rotatable bonds is 5. The van der Waals surface area contributed by atoms with Gasteiger partial charge >= 0.3 is 5.97 Å². The molecule has 0 aliphatic rings. The van der Waals surface area contributed by atoms with Gasteiger partial charge in [-0.3, -0.25) is 10.1 Å². The van der Waals surface area contributed by atoms with Crippen LogP contribution in [-0.2, 0) is 4.74 Å². The molecule has 0 fully saturated rings. The van der Waals surface area contributed by atoms with Gasteiger partial charge in [-0.1, -0.05) is 0 Å². The lowest BCUT2D eigenvalue weighted by atomic mass is 10.2. The van der Waals surface area contributed by atoms with E-state index in [1.807, 2.05) is 0 Å². The minimum Gasteiger partial charge on any atom is -0.491 e. The Kier molecular flexibility index (Phi) is 4.86. The van der Waals surface area contributed by atoms with Gasteiger partial charge in [0.2, 0.25) is 0 Å². The molecule has 19 heavy (non-hydrogen) atoms. The highest BCUT2D eigenvalue weighted by atomic mass is 16.6. The average molecular weight is 267 g/mol.